The van der Waals surface area contributed by atoms with Gasteiger partial charge in [0.25, 0.3) is 0 Å². The fourth-order valence-electron chi connectivity index (χ4n) is 4.13. The van der Waals surface area contributed by atoms with Crippen molar-refractivity contribution in [2.75, 3.05) is 25.0 Å². The van der Waals surface area contributed by atoms with Crippen LogP contribution in [-0.4, -0.2) is 30.6 Å². The topological polar surface area (TPSA) is 41.6 Å². The Bertz CT molecular complexity index is 825. The lowest BCUT2D eigenvalue weighted by Crippen LogP contribution is -2.29. The number of anilines is 2. The lowest BCUT2D eigenvalue weighted by molar-refractivity contribution is 0.0526. The van der Waals surface area contributed by atoms with Crippen LogP contribution in [0.5, 0.6) is 0 Å². The van der Waals surface area contributed by atoms with Crippen LogP contribution >= 0.6 is 0 Å². The molecule has 0 radical (unpaired) electrons. The number of aryl methyl sites for hydroxylation is 2. The van der Waals surface area contributed by atoms with Gasteiger partial charge >= 0.3 is 5.97 Å². The third-order valence-electron chi connectivity index (χ3n) is 5.57. The highest BCUT2D eigenvalue weighted by atomic mass is 16.5. The predicted molar refractivity (Wildman–Crippen MR) is 109 cm³/mol. The number of ether oxygens (including phenoxy) is 1. The zero-order chi connectivity index (χ0) is 18.6. The summed E-state index contributed by atoms with van der Waals surface area (Å²) in [5.41, 5.74) is 6.84. The summed E-state index contributed by atoms with van der Waals surface area (Å²) in [4.78, 5) is 14.6. The van der Waals surface area contributed by atoms with Crippen molar-refractivity contribution in [3.63, 3.8) is 0 Å². The molecule has 4 rings (SSSR count). The van der Waals surface area contributed by atoms with Crippen molar-refractivity contribution in [2.24, 2.45) is 0 Å². The van der Waals surface area contributed by atoms with E-state index < -0.39 is 0 Å². The molecule has 0 aromatic heterocycles. The summed E-state index contributed by atoms with van der Waals surface area (Å²) < 4.78 is 5.14. The van der Waals surface area contributed by atoms with Gasteiger partial charge in [-0.25, -0.2) is 4.79 Å². The van der Waals surface area contributed by atoms with Crippen LogP contribution in [0, 0.1) is 0 Å². The molecule has 142 valence electrons. The number of esters is 1. The molecule has 1 fully saturated rings. The van der Waals surface area contributed by atoms with Crippen LogP contribution < -0.4 is 5.32 Å². The first-order chi connectivity index (χ1) is 13.2. The van der Waals surface area contributed by atoms with Gasteiger partial charge in [-0.3, -0.25) is 4.90 Å². The number of carbonyl (C=O) groups is 1. The predicted octanol–water partition coefficient (Wildman–Crippen LogP) is 4.69. The van der Waals surface area contributed by atoms with E-state index in [-0.39, 0.29) is 5.97 Å². The van der Waals surface area contributed by atoms with Crippen LogP contribution in [0.2, 0.25) is 0 Å². The van der Waals surface area contributed by atoms with Crippen LogP contribution in [0.15, 0.2) is 36.4 Å². The number of hydrogen-bond acceptors (Lipinski definition) is 4. The van der Waals surface area contributed by atoms with Gasteiger partial charge in [-0.15, -0.1) is 0 Å². The summed E-state index contributed by atoms with van der Waals surface area (Å²) in [6.45, 7) is 5.72. The second kappa shape index (κ2) is 8.13. The molecule has 2 aliphatic heterocycles. The smallest absolute Gasteiger partial charge is 0.338 e. The summed E-state index contributed by atoms with van der Waals surface area (Å²) >= 11 is 0. The fourth-order valence-corrected chi connectivity index (χ4v) is 4.13. The molecule has 27 heavy (non-hydrogen) atoms. The van der Waals surface area contributed by atoms with Gasteiger partial charge in [0.1, 0.15) is 0 Å². The molecular formula is C23H28N2O2. The van der Waals surface area contributed by atoms with Crippen molar-refractivity contribution in [3.8, 4) is 0 Å². The number of hydrogen-bond donors (Lipinski definition) is 1. The molecule has 2 aromatic carbocycles. The minimum absolute atomic E-state index is 0.245. The van der Waals surface area contributed by atoms with Crippen LogP contribution in [-0.2, 0) is 24.1 Å². The molecule has 2 heterocycles. The molecule has 2 aliphatic rings. The molecule has 4 nitrogen and oxygen atoms in total. The molecule has 1 N–H and O–H groups in total. The number of piperidine rings is 1. The van der Waals surface area contributed by atoms with Gasteiger partial charge in [0.05, 0.1) is 12.2 Å². The highest BCUT2D eigenvalue weighted by Crippen LogP contribution is 2.31. The lowest BCUT2D eigenvalue weighted by Gasteiger charge is -2.26. The maximum Gasteiger partial charge on any atom is 0.338 e. The van der Waals surface area contributed by atoms with Gasteiger partial charge in [0, 0.05) is 17.9 Å². The summed E-state index contributed by atoms with van der Waals surface area (Å²) in [6, 6.07) is 12.6. The van der Waals surface area contributed by atoms with Gasteiger partial charge in [-0.05, 0) is 86.7 Å². The Kier molecular flexibility index (Phi) is 5.44. The van der Waals surface area contributed by atoms with E-state index >= 15 is 0 Å². The number of rotatable bonds is 4. The van der Waals surface area contributed by atoms with Crippen LogP contribution in [0.4, 0.5) is 11.4 Å². The Morgan fingerprint density at radius 1 is 1.00 bits per heavy atom. The monoisotopic (exact) mass is 364 g/mol. The summed E-state index contributed by atoms with van der Waals surface area (Å²) in [7, 11) is 0. The zero-order valence-corrected chi connectivity index (χ0v) is 16.1. The van der Waals surface area contributed by atoms with E-state index in [1.165, 1.54) is 54.7 Å². The standard InChI is InChI=1S/C23H28N2O2/c1-2-27-23(26)20-9-11-22-19(15-20)8-7-18-14-17(6-10-21(18)24-22)16-25-12-4-3-5-13-25/h6,9-11,14-15,24H,2-5,7-8,12-13,16H2,1H3. The van der Waals surface area contributed by atoms with Gasteiger partial charge in [-0.2, -0.15) is 0 Å². The Hall–Kier alpha value is -2.33. The van der Waals surface area contributed by atoms with Gasteiger partial charge in [0.15, 0.2) is 0 Å². The Labute approximate surface area is 161 Å². The lowest BCUT2D eigenvalue weighted by atomic mass is 10.0. The number of nitrogens with one attached hydrogen (secondary N) is 1. The molecule has 0 amide bonds. The van der Waals surface area contributed by atoms with Crippen LogP contribution in [0.25, 0.3) is 0 Å². The minimum atomic E-state index is -0.245. The van der Waals surface area contributed by atoms with Crippen LogP contribution in [0.1, 0.15) is 53.2 Å². The number of fused-ring (bicyclic) bond motifs is 2. The largest absolute Gasteiger partial charge is 0.462 e. The quantitative estimate of drug-likeness (QED) is 0.799. The van der Waals surface area contributed by atoms with E-state index in [1.54, 1.807) is 0 Å². The molecule has 1 saturated heterocycles. The Morgan fingerprint density at radius 3 is 2.44 bits per heavy atom. The van der Waals surface area contributed by atoms with E-state index in [1.807, 2.05) is 25.1 Å². The van der Waals surface area contributed by atoms with E-state index in [0.717, 1.165) is 25.1 Å². The normalized spacial score (nSPS) is 16.6. The van der Waals surface area contributed by atoms with Crippen molar-refractivity contribution >= 4 is 17.3 Å². The number of nitrogens with zero attached hydrogens (tertiary/aromatic N) is 1. The number of likely N-dealkylation sites (tertiary alicyclic amines) is 1. The third kappa shape index (κ3) is 4.16. The third-order valence-corrected chi connectivity index (χ3v) is 5.57. The average molecular weight is 364 g/mol. The summed E-state index contributed by atoms with van der Waals surface area (Å²) in [6.07, 6.45) is 5.93. The summed E-state index contributed by atoms with van der Waals surface area (Å²) in [5.74, 6) is -0.245. The number of carbonyl (C=O) groups excluding carboxylic acids is 1. The molecule has 4 heteroatoms. The zero-order valence-electron chi connectivity index (χ0n) is 16.1. The Morgan fingerprint density at radius 2 is 1.70 bits per heavy atom. The Balaban J connectivity index is 1.51. The van der Waals surface area contributed by atoms with Gasteiger partial charge in [0.2, 0.25) is 0 Å². The van der Waals surface area contributed by atoms with Gasteiger partial charge in [-0.1, -0.05) is 18.6 Å². The van der Waals surface area contributed by atoms with Crippen molar-refractivity contribution in [1.82, 2.24) is 4.90 Å². The van der Waals surface area contributed by atoms with Crippen molar-refractivity contribution < 1.29 is 9.53 Å². The second-order valence-electron chi connectivity index (χ2n) is 7.55. The first kappa shape index (κ1) is 18.1. The van der Waals surface area contributed by atoms with Crippen molar-refractivity contribution in [1.29, 1.82) is 0 Å². The van der Waals surface area contributed by atoms with E-state index in [0.29, 0.717) is 12.2 Å². The molecule has 0 aliphatic carbocycles. The molecule has 0 atom stereocenters. The maximum absolute atomic E-state index is 12.0. The molecule has 2 aromatic rings. The van der Waals surface area contributed by atoms with Crippen molar-refractivity contribution in [3.05, 3.63) is 58.7 Å². The molecule has 0 unspecified atom stereocenters. The maximum atomic E-state index is 12.0. The van der Waals surface area contributed by atoms with Crippen LogP contribution in [0.3, 0.4) is 0 Å². The highest BCUT2D eigenvalue weighted by molar-refractivity contribution is 5.90. The van der Waals surface area contributed by atoms with E-state index in [2.05, 4.69) is 28.4 Å². The molecule has 0 saturated carbocycles. The fraction of sp³-hybridized carbons (Fsp3) is 0.435. The van der Waals surface area contributed by atoms with E-state index in [4.69, 9.17) is 4.74 Å². The second-order valence-corrected chi connectivity index (χ2v) is 7.55. The molecular weight excluding hydrogens is 336 g/mol. The van der Waals surface area contributed by atoms with Crippen molar-refractivity contribution in [2.45, 2.75) is 45.6 Å². The van der Waals surface area contributed by atoms with E-state index in [9.17, 15) is 4.79 Å². The minimum Gasteiger partial charge on any atom is -0.462 e. The molecule has 0 bridgehead atoms. The van der Waals surface area contributed by atoms with Gasteiger partial charge < -0.3 is 10.1 Å². The average Bonchev–Trinajstić information content (AvgIpc) is 2.87. The highest BCUT2D eigenvalue weighted by Gasteiger charge is 2.17. The first-order valence-electron chi connectivity index (χ1n) is 10.1. The summed E-state index contributed by atoms with van der Waals surface area (Å²) in [5, 5.41) is 3.57. The first-order valence-corrected chi connectivity index (χ1v) is 10.1. The molecule has 0 spiro atoms. The number of benzene rings is 2. The SMILES string of the molecule is CCOC(=O)c1ccc2c(c1)CCc1cc(CN3CCCCC3)ccc1N2.